The molecule has 0 radical (unpaired) electrons. The van der Waals surface area contributed by atoms with Crippen molar-refractivity contribution < 1.29 is 14.3 Å². The Hall–Kier alpha value is -2.59. The highest BCUT2D eigenvalue weighted by Crippen LogP contribution is 2.31. The standard InChI is InChI=1S/C15H15N3O3S/c1-21-15(20)18-8-11(14(19)17-7-6-16)12-9-22-13-5-3-2-4-10(12)13/h2-5,9,11H,7-8H2,1H3,(H,17,19)(H,18,20). The van der Waals surface area contributed by atoms with Crippen molar-refractivity contribution in [3.05, 3.63) is 35.2 Å². The zero-order valence-corrected chi connectivity index (χ0v) is 12.8. The number of methoxy groups -OCH3 is 1. The van der Waals surface area contributed by atoms with Crippen molar-refractivity contribution in [2.75, 3.05) is 20.2 Å². The number of ether oxygens (including phenoxy) is 1. The summed E-state index contributed by atoms with van der Waals surface area (Å²) in [6.45, 7) is 0.0281. The first-order valence-corrected chi connectivity index (χ1v) is 7.48. The van der Waals surface area contributed by atoms with Crippen LogP contribution >= 0.6 is 11.3 Å². The lowest BCUT2D eigenvalue weighted by molar-refractivity contribution is -0.122. The lowest BCUT2D eigenvalue weighted by atomic mass is 9.97. The number of thiophene rings is 1. The van der Waals surface area contributed by atoms with Crippen LogP contribution in [-0.4, -0.2) is 32.2 Å². The number of alkyl carbamates (subject to hydrolysis) is 1. The molecule has 1 heterocycles. The van der Waals surface area contributed by atoms with Gasteiger partial charge in [0.05, 0.1) is 19.1 Å². The van der Waals surface area contributed by atoms with E-state index in [2.05, 4.69) is 15.4 Å². The predicted octanol–water partition coefficient (Wildman–Crippen LogP) is 1.98. The largest absolute Gasteiger partial charge is 0.453 e. The second kappa shape index (κ2) is 7.43. The molecule has 0 aliphatic heterocycles. The Labute approximate surface area is 131 Å². The molecule has 6 nitrogen and oxygen atoms in total. The van der Waals surface area contributed by atoms with Crippen molar-refractivity contribution in [3.63, 3.8) is 0 Å². The molecule has 0 saturated heterocycles. The maximum absolute atomic E-state index is 12.3. The summed E-state index contributed by atoms with van der Waals surface area (Å²) in [6.07, 6.45) is -0.599. The lowest BCUT2D eigenvalue weighted by Gasteiger charge is -2.16. The Morgan fingerprint density at radius 3 is 2.86 bits per heavy atom. The van der Waals surface area contributed by atoms with Crippen molar-refractivity contribution >= 4 is 33.4 Å². The average molecular weight is 317 g/mol. The highest BCUT2D eigenvalue weighted by atomic mass is 32.1. The van der Waals surface area contributed by atoms with E-state index >= 15 is 0 Å². The van der Waals surface area contributed by atoms with Gasteiger partial charge in [-0.25, -0.2) is 4.79 Å². The number of fused-ring (bicyclic) bond motifs is 1. The van der Waals surface area contributed by atoms with E-state index in [-0.39, 0.29) is 19.0 Å². The van der Waals surface area contributed by atoms with Crippen molar-refractivity contribution in [1.82, 2.24) is 10.6 Å². The number of benzene rings is 1. The van der Waals surface area contributed by atoms with E-state index in [1.807, 2.05) is 35.7 Å². The molecule has 2 amide bonds. The molecular weight excluding hydrogens is 302 g/mol. The van der Waals surface area contributed by atoms with Crippen LogP contribution in [0.2, 0.25) is 0 Å². The van der Waals surface area contributed by atoms with E-state index < -0.39 is 12.0 Å². The van der Waals surface area contributed by atoms with Crippen LogP contribution in [0.3, 0.4) is 0 Å². The summed E-state index contributed by atoms with van der Waals surface area (Å²) in [5.74, 6) is -0.884. The topological polar surface area (TPSA) is 91.2 Å². The van der Waals surface area contributed by atoms with Gasteiger partial charge in [0.1, 0.15) is 6.54 Å². The Balaban J connectivity index is 2.28. The van der Waals surface area contributed by atoms with Crippen LogP contribution in [0.4, 0.5) is 4.79 Å². The number of hydrogen-bond donors (Lipinski definition) is 2. The van der Waals surface area contributed by atoms with Crippen LogP contribution in [0, 0.1) is 11.3 Å². The van der Waals surface area contributed by atoms with Gasteiger partial charge in [-0.1, -0.05) is 18.2 Å². The Bertz CT molecular complexity index is 720. The lowest BCUT2D eigenvalue weighted by Crippen LogP contribution is -2.37. The first-order chi connectivity index (χ1) is 10.7. The zero-order chi connectivity index (χ0) is 15.9. The number of hydrogen-bond acceptors (Lipinski definition) is 5. The van der Waals surface area contributed by atoms with Gasteiger partial charge in [-0.3, -0.25) is 4.79 Å². The number of carbonyl (C=O) groups is 2. The maximum atomic E-state index is 12.3. The molecule has 2 rings (SSSR count). The molecule has 0 saturated carbocycles. The normalized spacial score (nSPS) is 11.5. The molecule has 0 spiro atoms. The molecule has 1 unspecified atom stereocenters. The summed E-state index contributed by atoms with van der Waals surface area (Å²) in [7, 11) is 1.26. The summed E-state index contributed by atoms with van der Waals surface area (Å²) >= 11 is 1.53. The van der Waals surface area contributed by atoms with E-state index in [4.69, 9.17) is 5.26 Å². The van der Waals surface area contributed by atoms with E-state index in [0.717, 1.165) is 15.6 Å². The van der Waals surface area contributed by atoms with Gasteiger partial charge in [0.15, 0.2) is 0 Å². The Morgan fingerprint density at radius 2 is 2.14 bits per heavy atom. The molecule has 1 aromatic carbocycles. The number of rotatable bonds is 5. The quantitative estimate of drug-likeness (QED) is 0.825. The van der Waals surface area contributed by atoms with Crippen LogP contribution in [0.1, 0.15) is 11.5 Å². The molecule has 7 heteroatoms. The highest BCUT2D eigenvalue weighted by Gasteiger charge is 2.24. The van der Waals surface area contributed by atoms with E-state index in [0.29, 0.717) is 0 Å². The summed E-state index contributed by atoms with van der Waals surface area (Å²) in [5.41, 5.74) is 0.826. The second-order valence-electron chi connectivity index (χ2n) is 4.49. The van der Waals surface area contributed by atoms with Crippen molar-refractivity contribution in [2.24, 2.45) is 0 Å². The third kappa shape index (κ3) is 3.54. The third-order valence-electron chi connectivity index (χ3n) is 3.18. The summed E-state index contributed by atoms with van der Waals surface area (Å²) < 4.78 is 5.60. The minimum Gasteiger partial charge on any atom is -0.453 e. The summed E-state index contributed by atoms with van der Waals surface area (Å²) in [4.78, 5) is 23.6. The smallest absolute Gasteiger partial charge is 0.406 e. The van der Waals surface area contributed by atoms with Crippen molar-refractivity contribution in [3.8, 4) is 6.07 Å². The molecule has 0 fully saturated rings. The van der Waals surface area contributed by atoms with Gasteiger partial charge >= 0.3 is 6.09 Å². The molecule has 2 N–H and O–H groups in total. The third-order valence-corrected chi connectivity index (χ3v) is 4.16. The fourth-order valence-electron chi connectivity index (χ4n) is 2.12. The van der Waals surface area contributed by atoms with Crippen molar-refractivity contribution in [2.45, 2.75) is 5.92 Å². The van der Waals surface area contributed by atoms with Gasteiger partial charge in [0.25, 0.3) is 0 Å². The predicted molar refractivity (Wildman–Crippen MR) is 83.6 cm³/mol. The van der Waals surface area contributed by atoms with Gasteiger partial charge in [-0.2, -0.15) is 5.26 Å². The minimum atomic E-state index is -0.599. The van der Waals surface area contributed by atoms with Crippen molar-refractivity contribution in [1.29, 1.82) is 5.26 Å². The number of carbonyl (C=O) groups excluding carboxylic acids is 2. The summed E-state index contributed by atoms with van der Waals surface area (Å²) in [6, 6.07) is 9.61. The molecule has 0 bridgehead atoms. The molecule has 1 aromatic heterocycles. The Morgan fingerprint density at radius 1 is 1.36 bits per heavy atom. The van der Waals surface area contributed by atoms with Gasteiger partial charge in [0, 0.05) is 11.2 Å². The SMILES string of the molecule is COC(=O)NCC(C(=O)NCC#N)c1csc2ccccc12. The van der Waals surface area contributed by atoms with Crippen LogP contribution in [0.5, 0.6) is 0 Å². The fourth-order valence-corrected chi connectivity index (χ4v) is 3.13. The fraction of sp³-hybridized carbons (Fsp3) is 0.267. The van der Waals surface area contributed by atoms with E-state index in [1.165, 1.54) is 18.4 Å². The molecule has 1 atom stereocenters. The van der Waals surface area contributed by atoms with Gasteiger partial charge in [-0.15, -0.1) is 11.3 Å². The zero-order valence-electron chi connectivity index (χ0n) is 12.0. The van der Waals surface area contributed by atoms with Gasteiger partial charge < -0.3 is 15.4 Å². The molecule has 0 aliphatic carbocycles. The van der Waals surface area contributed by atoms with Crippen LogP contribution in [-0.2, 0) is 9.53 Å². The van der Waals surface area contributed by atoms with E-state index in [9.17, 15) is 9.59 Å². The number of amides is 2. The molecule has 114 valence electrons. The highest BCUT2D eigenvalue weighted by molar-refractivity contribution is 7.17. The first-order valence-electron chi connectivity index (χ1n) is 6.60. The maximum Gasteiger partial charge on any atom is 0.406 e. The minimum absolute atomic E-state index is 0.0738. The molecule has 2 aromatic rings. The number of nitrogens with zero attached hydrogens (tertiary/aromatic N) is 1. The molecular formula is C15H15N3O3S. The van der Waals surface area contributed by atoms with Crippen LogP contribution in [0.15, 0.2) is 29.6 Å². The monoisotopic (exact) mass is 317 g/mol. The van der Waals surface area contributed by atoms with Crippen LogP contribution in [0.25, 0.3) is 10.1 Å². The first kappa shape index (κ1) is 15.8. The van der Waals surface area contributed by atoms with Crippen LogP contribution < -0.4 is 10.6 Å². The second-order valence-corrected chi connectivity index (χ2v) is 5.40. The van der Waals surface area contributed by atoms with E-state index in [1.54, 1.807) is 0 Å². The number of nitriles is 1. The number of nitrogens with one attached hydrogen (secondary N) is 2. The summed E-state index contributed by atoms with van der Waals surface area (Å²) in [5, 5.41) is 16.6. The van der Waals surface area contributed by atoms with Gasteiger partial charge in [0.2, 0.25) is 5.91 Å². The molecule has 0 aliphatic rings. The Kier molecular flexibility index (Phi) is 5.33. The average Bonchev–Trinajstić information content (AvgIpc) is 2.97. The van der Waals surface area contributed by atoms with Gasteiger partial charge in [-0.05, 0) is 22.4 Å². The molecule has 22 heavy (non-hydrogen) atoms.